The highest BCUT2D eigenvalue weighted by molar-refractivity contribution is 7.25. The summed E-state index contributed by atoms with van der Waals surface area (Å²) in [4.78, 5) is 9.34. The summed E-state index contributed by atoms with van der Waals surface area (Å²) in [6.07, 6.45) is 3.55. The van der Waals surface area contributed by atoms with Gasteiger partial charge in [-0.25, -0.2) is 0 Å². The van der Waals surface area contributed by atoms with Gasteiger partial charge < -0.3 is 0 Å². The average molecular weight is 503 g/mol. The third-order valence-electron chi connectivity index (χ3n) is 7.62. The fourth-order valence-corrected chi connectivity index (χ4v) is 6.80. The van der Waals surface area contributed by atoms with Gasteiger partial charge in [-0.2, -0.15) is 0 Å². The van der Waals surface area contributed by atoms with Gasteiger partial charge in [0, 0.05) is 43.3 Å². The highest BCUT2D eigenvalue weighted by atomic mass is 32.1. The maximum absolute atomic E-state index is 4.69. The smallest absolute Gasteiger partial charge is 0.0971 e. The van der Waals surface area contributed by atoms with Gasteiger partial charge >= 0.3 is 0 Å². The van der Waals surface area contributed by atoms with E-state index in [1.165, 1.54) is 58.8 Å². The van der Waals surface area contributed by atoms with Crippen LogP contribution in [0.3, 0.4) is 0 Å². The standard InChI is InChI=1S/C35H22N2S/c1-21-6-14-32-30(18-21)31-20-25(12-15-33(31)38-32)23-9-7-22(8-10-23)24-11-13-28-29(19-24)26-4-2-3-5-27(26)34-35(28)37-17-16-36-34/h2-20H,1H3. The van der Waals surface area contributed by atoms with Crippen molar-refractivity contribution in [3.8, 4) is 22.3 Å². The summed E-state index contributed by atoms with van der Waals surface area (Å²) in [5.41, 5.74) is 8.10. The Morgan fingerprint density at radius 2 is 0.974 bits per heavy atom. The Balaban J connectivity index is 1.24. The second-order valence-electron chi connectivity index (χ2n) is 9.95. The molecule has 8 aromatic rings. The van der Waals surface area contributed by atoms with E-state index in [1.54, 1.807) is 12.4 Å². The van der Waals surface area contributed by atoms with Crippen molar-refractivity contribution in [2.45, 2.75) is 6.92 Å². The minimum atomic E-state index is 0.953. The third kappa shape index (κ3) is 3.26. The number of aromatic nitrogens is 2. The van der Waals surface area contributed by atoms with Gasteiger partial charge in [0.15, 0.2) is 0 Å². The van der Waals surface area contributed by atoms with Crippen molar-refractivity contribution in [2.75, 3.05) is 0 Å². The molecule has 0 fully saturated rings. The lowest BCUT2D eigenvalue weighted by Crippen LogP contribution is -1.89. The lowest BCUT2D eigenvalue weighted by atomic mass is 9.94. The Kier molecular flexibility index (Phi) is 4.64. The summed E-state index contributed by atoms with van der Waals surface area (Å²) in [5, 5.41) is 7.39. The van der Waals surface area contributed by atoms with Gasteiger partial charge in [0.2, 0.25) is 0 Å². The van der Waals surface area contributed by atoms with Crippen LogP contribution in [0.25, 0.3) is 75.0 Å². The lowest BCUT2D eigenvalue weighted by Gasteiger charge is -2.11. The molecule has 0 amide bonds. The number of fused-ring (bicyclic) bond motifs is 9. The van der Waals surface area contributed by atoms with Crippen LogP contribution in [0, 0.1) is 6.92 Å². The molecular formula is C35H22N2S. The molecule has 0 saturated heterocycles. The molecule has 0 aliphatic carbocycles. The zero-order chi connectivity index (χ0) is 25.2. The fraction of sp³-hybridized carbons (Fsp3) is 0.0286. The second kappa shape index (κ2) is 8.20. The van der Waals surface area contributed by atoms with Crippen LogP contribution in [-0.4, -0.2) is 9.97 Å². The normalized spacial score (nSPS) is 11.8. The summed E-state index contributed by atoms with van der Waals surface area (Å²) in [6.45, 7) is 2.16. The van der Waals surface area contributed by atoms with Crippen LogP contribution >= 0.6 is 11.3 Å². The van der Waals surface area contributed by atoms with Gasteiger partial charge in [0.05, 0.1) is 11.0 Å². The number of aryl methyl sites for hydroxylation is 1. The molecule has 0 unspecified atom stereocenters. The first kappa shape index (κ1) is 21.5. The zero-order valence-electron chi connectivity index (χ0n) is 20.8. The van der Waals surface area contributed by atoms with E-state index in [9.17, 15) is 0 Å². The largest absolute Gasteiger partial charge is 0.252 e. The maximum Gasteiger partial charge on any atom is 0.0971 e. The number of benzene rings is 6. The summed E-state index contributed by atoms with van der Waals surface area (Å²) < 4.78 is 2.69. The molecule has 6 aromatic carbocycles. The Morgan fingerprint density at radius 1 is 0.447 bits per heavy atom. The predicted octanol–water partition coefficient (Wildman–Crippen LogP) is 9.95. The van der Waals surface area contributed by atoms with E-state index in [0.717, 1.165) is 21.8 Å². The molecule has 3 heteroatoms. The summed E-state index contributed by atoms with van der Waals surface area (Å²) in [7, 11) is 0. The van der Waals surface area contributed by atoms with Crippen LogP contribution in [-0.2, 0) is 0 Å². The summed E-state index contributed by atoms with van der Waals surface area (Å²) in [5.74, 6) is 0. The van der Waals surface area contributed by atoms with Crippen LogP contribution in [0.4, 0.5) is 0 Å². The SMILES string of the molecule is Cc1ccc2sc3ccc(-c4ccc(-c5ccc6c(c5)c5ccccc5c5nccnc65)cc4)cc3c2c1. The minimum Gasteiger partial charge on any atom is -0.252 e. The zero-order valence-corrected chi connectivity index (χ0v) is 21.6. The van der Waals surface area contributed by atoms with E-state index in [4.69, 9.17) is 0 Å². The summed E-state index contributed by atoms with van der Waals surface area (Å²) in [6, 6.07) is 37.7. The highest BCUT2D eigenvalue weighted by Gasteiger charge is 2.12. The predicted molar refractivity (Wildman–Crippen MR) is 163 cm³/mol. The molecule has 0 atom stereocenters. The van der Waals surface area contributed by atoms with E-state index in [-0.39, 0.29) is 0 Å². The van der Waals surface area contributed by atoms with E-state index in [1.807, 2.05) is 11.3 Å². The Morgan fingerprint density at radius 3 is 1.68 bits per heavy atom. The average Bonchev–Trinajstić information content (AvgIpc) is 3.34. The van der Waals surface area contributed by atoms with Crippen molar-refractivity contribution in [1.82, 2.24) is 9.97 Å². The molecule has 0 radical (unpaired) electrons. The van der Waals surface area contributed by atoms with E-state index < -0.39 is 0 Å². The molecule has 8 rings (SSSR count). The molecule has 0 aliphatic rings. The van der Waals surface area contributed by atoms with Crippen LogP contribution in [0.2, 0.25) is 0 Å². The second-order valence-corrected chi connectivity index (χ2v) is 11.0. The molecule has 2 heterocycles. The van der Waals surface area contributed by atoms with Crippen LogP contribution in [0.1, 0.15) is 5.56 Å². The lowest BCUT2D eigenvalue weighted by molar-refractivity contribution is 1.31. The number of rotatable bonds is 2. The van der Waals surface area contributed by atoms with Gasteiger partial charge in [-0.15, -0.1) is 11.3 Å². The molecule has 0 bridgehead atoms. The van der Waals surface area contributed by atoms with Gasteiger partial charge in [-0.05, 0) is 70.3 Å². The van der Waals surface area contributed by atoms with Crippen molar-refractivity contribution in [2.24, 2.45) is 0 Å². The van der Waals surface area contributed by atoms with E-state index in [0.29, 0.717) is 0 Å². The van der Waals surface area contributed by atoms with Crippen molar-refractivity contribution in [1.29, 1.82) is 0 Å². The van der Waals surface area contributed by atoms with E-state index >= 15 is 0 Å². The molecule has 0 N–H and O–H groups in total. The van der Waals surface area contributed by atoms with Crippen molar-refractivity contribution >= 4 is 64.1 Å². The van der Waals surface area contributed by atoms with Gasteiger partial charge in [-0.1, -0.05) is 78.4 Å². The Bertz CT molecular complexity index is 2150. The number of nitrogens with zero attached hydrogens (tertiary/aromatic N) is 2. The maximum atomic E-state index is 4.69. The first-order valence-electron chi connectivity index (χ1n) is 12.8. The third-order valence-corrected chi connectivity index (χ3v) is 8.77. The first-order chi connectivity index (χ1) is 18.7. The molecule has 0 spiro atoms. The molecule has 2 aromatic heterocycles. The Hall–Kier alpha value is -4.60. The molecule has 178 valence electrons. The van der Waals surface area contributed by atoms with Gasteiger partial charge in [0.25, 0.3) is 0 Å². The topological polar surface area (TPSA) is 25.8 Å². The number of thiophene rings is 1. The van der Waals surface area contributed by atoms with Crippen molar-refractivity contribution in [3.05, 3.63) is 121 Å². The van der Waals surface area contributed by atoms with Crippen molar-refractivity contribution < 1.29 is 0 Å². The molecule has 0 saturated carbocycles. The van der Waals surface area contributed by atoms with Gasteiger partial charge in [0.1, 0.15) is 0 Å². The number of hydrogen-bond acceptors (Lipinski definition) is 3. The van der Waals surface area contributed by atoms with Crippen LogP contribution in [0.5, 0.6) is 0 Å². The van der Waals surface area contributed by atoms with Crippen LogP contribution < -0.4 is 0 Å². The minimum absolute atomic E-state index is 0.953. The molecule has 2 nitrogen and oxygen atoms in total. The number of hydrogen-bond donors (Lipinski definition) is 0. The fourth-order valence-electron chi connectivity index (χ4n) is 5.74. The Labute approximate surface area is 223 Å². The quantitative estimate of drug-likeness (QED) is 0.220. The molecule has 38 heavy (non-hydrogen) atoms. The summed E-state index contributed by atoms with van der Waals surface area (Å²) >= 11 is 1.87. The van der Waals surface area contributed by atoms with Crippen molar-refractivity contribution in [3.63, 3.8) is 0 Å². The molecular weight excluding hydrogens is 480 g/mol. The monoisotopic (exact) mass is 502 g/mol. The first-order valence-corrected chi connectivity index (χ1v) is 13.6. The highest BCUT2D eigenvalue weighted by Crippen LogP contribution is 2.38. The van der Waals surface area contributed by atoms with Crippen LogP contribution in [0.15, 0.2) is 116 Å². The van der Waals surface area contributed by atoms with Gasteiger partial charge in [-0.3, -0.25) is 9.97 Å². The molecule has 0 aliphatic heterocycles. The van der Waals surface area contributed by atoms with E-state index in [2.05, 4.69) is 120 Å².